The minimum Gasteiger partial charge on any atom is -0.321 e. The molecule has 5 aromatic rings. The van der Waals surface area contributed by atoms with Crippen LogP contribution in [0.25, 0.3) is 17.0 Å². The SMILES string of the molecule is O=C(Nc1ccc(SCC(=O)n2c3c(c4ccccc42)CCCC3)cc1)/C(=C/c1c(Cl)cccc1Cl)NC(=O)c1ccccc1. The summed E-state index contributed by atoms with van der Waals surface area (Å²) in [5.74, 6) is -0.657. The van der Waals surface area contributed by atoms with Gasteiger partial charge in [-0.2, -0.15) is 0 Å². The van der Waals surface area contributed by atoms with E-state index >= 15 is 0 Å². The fourth-order valence-electron chi connectivity index (χ4n) is 5.56. The number of hydrogen-bond acceptors (Lipinski definition) is 4. The second kappa shape index (κ2) is 13.8. The molecule has 1 aliphatic carbocycles. The number of thioether (sulfide) groups is 1. The largest absolute Gasteiger partial charge is 0.321 e. The first-order valence-corrected chi connectivity index (χ1v) is 16.3. The van der Waals surface area contributed by atoms with Crippen LogP contribution < -0.4 is 10.6 Å². The van der Waals surface area contributed by atoms with Crippen molar-refractivity contribution >= 4 is 75.4 Å². The average Bonchev–Trinajstić information content (AvgIpc) is 3.40. The van der Waals surface area contributed by atoms with Gasteiger partial charge in [-0.3, -0.25) is 19.0 Å². The molecule has 0 saturated heterocycles. The minimum absolute atomic E-state index is 0.0230. The Labute approximate surface area is 275 Å². The van der Waals surface area contributed by atoms with Crippen LogP contribution in [0.5, 0.6) is 0 Å². The number of rotatable bonds is 8. The smallest absolute Gasteiger partial charge is 0.272 e. The van der Waals surface area contributed by atoms with Gasteiger partial charge in [-0.15, -0.1) is 11.8 Å². The van der Waals surface area contributed by atoms with Gasteiger partial charge in [0.1, 0.15) is 5.70 Å². The van der Waals surface area contributed by atoms with Crippen molar-refractivity contribution in [1.29, 1.82) is 0 Å². The van der Waals surface area contributed by atoms with Gasteiger partial charge >= 0.3 is 0 Å². The molecule has 0 fully saturated rings. The molecule has 6 rings (SSSR count). The number of halogens is 2. The predicted molar refractivity (Wildman–Crippen MR) is 183 cm³/mol. The zero-order chi connectivity index (χ0) is 31.3. The van der Waals surface area contributed by atoms with Crippen LogP contribution in [0.3, 0.4) is 0 Å². The van der Waals surface area contributed by atoms with Crippen molar-refractivity contribution in [3.8, 4) is 0 Å². The molecule has 6 nitrogen and oxygen atoms in total. The zero-order valence-corrected chi connectivity index (χ0v) is 26.5. The van der Waals surface area contributed by atoms with Crippen LogP contribution in [0.2, 0.25) is 10.0 Å². The predicted octanol–water partition coefficient (Wildman–Crippen LogP) is 8.67. The monoisotopic (exact) mass is 653 g/mol. The van der Waals surface area contributed by atoms with Gasteiger partial charge in [0.15, 0.2) is 0 Å². The summed E-state index contributed by atoms with van der Waals surface area (Å²) in [4.78, 5) is 40.7. The molecule has 0 spiro atoms. The Morgan fingerprint density at radius 2 is 1.49 bits per heavy atom. The second-order valence-electron chi connectivity index (χ2n) is 10.7. The summed E-state index contributed by atoms with van der Waals surface area (Å²) in [6.07, 6.45) is 5.63. The lowest BCUT2D eigenvalue weighted by molar-refractivity contribution is -0.113. The van der Waals surface area contributed by atoms with E-state index in [0.717, 1.165) is 41.8 Å². The number of aryl methyl sites for hydroxylation is 1. The molecular weight excluding hydrogens is 625 g/mol. The van der Waals surface area contributed by atoms with Crippen LogP contribution >= 0.6 is 35.0 Å². The van der Waals surface area contributed by atoms with E-state index in [4.69, 9.17) is 23.2 Å². The summed E-state index contributed by atoms with van der Waals surface area (Å²) in [6, 6.07) is 29.0. The van der Waals surface area contributed by atoms with Crippen molar-refractivity contribution in [1.82, 2.24) is 9.88 Å². The number of amides is 2. The number of carbonyl (C=O) groups excluding carboxylic acids is 3. The molecule has 45 heavy (non-hydrogen) atoms. The van der Waals surface area contributed by atoms with Gasteiger partial charge in [0.05, 0.1) is 11.3 Å². The number of anilines is 1. The average molecular weight is 655 g/mol. The van der Waals surface area contributed by atoms with Gasteiger partial charge in [-0.25, -0.2) is 0 Å². The molecule has 2 amide bonds. The van der Waals surface area contributed by atoms with E-state index in [2.05, 4.69) is 16.7 Å². The van der Waals surface area contributed by atoms with Crippen molar-refractivity contribution in [2.75, 3.05) is 11.1 Å². The van der Waals surface area contributed by atoms with Gasteiger partial charge in [-0.05, 0) is 91.9 Å². The third-order valence-corrected chi connectivity index (χ3v) is 9.38. The summed E-state index contributed by atoms with van der Waals surface area (Å²) in [5, 5.41) is 7.39. The third kappa shape index (κ3) is 6.86. The zero-order valence-electron chi connectivity index (χ0n) is 24.2. The van der Waals surface area contributed by atoms with Crippen LogP contribution in [0, 0.1) is 0 Å². The maximum atomic E-state index is 13.5. The Kier molecular flexibility index (Phi) is 9.40. The highest BCUT2D eigenvalue weighted by molar-refractivity contribution is 8.00. The first kappa shape index (κ1) is 30.7. The Hall–Kier alpha value is -4.30. The summed E-state index contributed by atoms with van der Waals surface area (Å²) < 4.78 is 1.91. The topological polar surface area (TPSA) is 80.2 Å². The Balaban J connectivity index is 1.16. The summed E-state index contributed by atoms with van der Waals surface area (Å²) in [6.45, 7) is 0. The van der Waals surface area contributed by atoms with Gasteiger partial charge in [0, 0.05) is 42.8 Å². The van der Waals surface area contributed by atoms with Gasteiger partial charge < -0.3 is 10.6 Å². The van der Waals surface area contributed by atoms with Crippen molar-refractivity contribution < 1.29 is 14.4 Å². The quantitative estimate of drug-likeness (QED) is 0.130. The van der Waals surface area contributed by atoms with Crippen LogP contribution in [0.15, 0.2) is 108 Å². The van der Waals surface area contributed by atoms with E-state index in [1.54, 1.807) is 60.7 Å². The van der Waals surface area contributed by atoms with E-state index in [1.807, 2.05) is 34.9 Å². The lowest BCUT2D eigenvalue weighted by Gasteiger charge is -2.15. The molecule has 0 aliphatic heterocycles. The van der Waals surface area contributed by atoms with E-state index in [9.17, 15) is 14.4 Å². The molecule has 9 heteroatoms. The molecule has 0 saturated carbocycles. The van der Waals surface area contributed by atoms with Crippen molar-refractivity contribution in [2.24, 2.45) is 0 Å². The standard InChI is InChI=1S/C36H29Cl2N3O3S/c37-29-13-8-14-30(38)28(29)21-31(40-35(43)23-9-2-1-3-10-23)36(44)39-24-17-19-25(20-18-24)45-22-34(42)41-32-15-6-4-11-26(32)27-12-5-7-16-33(27)41/h1-4,6,8-11,13-15,17-21H,5,7,12,16,22H2,(H,39,44)(H,40,43)/b31-21-. The normalized spacial score (nSPS) is 12.9. The first-order valence-electron chi connectivity index (χ1n) is 14.6. The van der Waals surface area contributed by atoms with E-state index < -0.39 is 11.8 Å². The van der Waals surface area contributed by atoms with Gasteiger partial charge in [0.2, 0.25) is 5.91 Å². The lowest BCUT2D eigenvalue weighted by Crippen LogP contribution is -2.30. The highest BCUT2D eigenvalue weighted by Crippen LogP contribution is 2.33. The number of carbonyl (C=O) groups is 3. The molecule has 2 N–H and O–H groups in total. The maximum Gasteiger partial charge on any atom is 0.272 e. The van der Waals surface area contributed by atoms with Crippen molar-refractivity contribution in [3.05, 3.63) is 135 Å². The highest BCUT2D eigenvalue weighted by atomic mass is 35.5. The van der Waals surface area contributed by atoms with E-state index in [-0.39, 0.29) is 17.4 Å². The number of benzene rings is 4. The number of hydrogen-bond donors (Lipinski definition) is 2. The number of aromatic nitrogens is 1. The molecular formula is C36H29Cl2N3O3S. The molecule has 1 aliphatic rings. The summed E-state index contributed by atoms with van der Waals surface area (Å²) in [5.41, 5.74) is 4.73. The molecule has 1 aromatic heterocycles. The van der Waals surface area contributed by atoms with Crippen molar-refractivity contribution in [3.63, 3.8) is 0 Å². The first-order chi connectivity index (χ1) is 21.9. The summed E-state index contributed by atoms with van der Waals surface area (Å²) in [7, 11) is 0. The Bertz CT molecular complexity index is 1910. The number of nitrogens with zero attached hydrogens (tertiary/aromatic N) is 1. The van der Waals surface area contributed by atoms with Gasteiger partial charge in [0.25, 0.3) is 11.8 Å². The highest BCUT2D eigenvalue weighted by Gasteiger charge is 2.23. The maximum absolute atomic E-state index is 13.5. The summed E-state index contributed by atoms with van der Waals surface area (Å²) >= 11 is 14.2. The molecule has 0 unspecified atom stereocenters. The fraction of sp³-hybridized carbons (Fsp3) is 0.139. The lowest BCUT2D eigenvalue weighted by atomic mass is 9.96. The fourth-order valence-corrected chi connectivity index (χ4v) is 6.81. The third-order valence-electron chi connectivity index (χ3n) is 7.72. The molecule has 226 valence electrons. The number of nitrogens with one attached hydrogen (secondary N) is 2. The number of fused-ring (bicyclic) bond motifs is 3. The van der Waals surface area contributed by atoms with Crippen LogP contribution in [0.1, 0.15) is 44.8 Å². The Morgan fingerprint density at radius 1 is 0.800 bits per heavy atom. The molecule has 0 radical (unpaired) electrons. The second-order valence-corrected chi connectivity index (χ2v) is 12.5. The molecule has 1 heterocycles. The molecule has 4 aromatic carbocycles. The molecule has 0 bridgehead atoms. The van der Waals surface area contributed by atoms with E-state index in [0.29, 0.717) is 26.9 Å². The number of para-hydroxylation sites is 1. The minimum atomic E-state index is -0.546. The van der Waals surface area contributed by atoms with Crippen LogP contribution in [0.4, 0.5) is 5.69 Å². The van der Waals surface area contributed by atoms with Crippen molar-refractivity contribution in [2.45, 2.75) is 30.6 Å². The molecule has 0 atom stereocenters. The van der Waals surface area contributed by atoms with Gasteiger partial charge in [-0.1, -0.05) is 65.7 Å². The van der Waals surface area contributed by atoms with Crippen LogP contribution in [-0.4, -0.2) is 28.0 Å². The van der Waals surface area contributed by atoms with E-state index in [1.165, 1.54) is 28.8 Å². The Morgan fingerprint density at radius 3 is 2.24 bits per heavy atom. The van der Waals surface area contributed by atoms with Crippen LogP contribution in [-0.2, 0) is 17.6 Å².